The van der Waals surface area contributed by atoms with Gasteiger partial charge in [0.1, 0.15) is 5.82 Å². The van der Waals surface area contributed by atoms with Crippen molar-refractivity contribution >= 4 is 15.8 Å². The van der Waals surface area contributed by atoms with Crippen molar-refractivity contribution in [3.8, 4) is 0 Å². The van der Waals surface area contributed by atoms with Gasteiger partial charge in [0.05, 0.1) is 12.3 Å². The molecule has 162 valence electrons. The van der Waals surface area contributed by atoms with Gasteiger partial charge in [-0.2, -0.15) is 0 Å². The Morgan fingerprint density at radius 2 is 1.97 bits per heavy atom. The number of sulfone groups is 1. The van der Waals surface area contributed by atoms with Crippen molar-refractivity contribution in [3.63, 3.8) is 0 Å². The van der Waals surface area contributed by atoms with Gasteiger partial charge in [-0.05, 0) is 60.6 Å². The van der Waals surface area contributed by atoms with Gasteiger partial charge >= 0.3 is 0 Å². The topological polar surface area (TPSA) is 70.6 Å². The monoisotopic (exact) mass is 431 g/mol. The Balaban J connectivity index is 1.72. The summed E-state index contributed by atoms with van der Waals surface area (Å²) < 4.78 is 37.2. The molecule has 1 aliphatic rings. The lowest BCUT2D eigenvalue weighted by Crippen LogP contribution is -2.39. The van der Waals surface area contributed by atoms with Crippen molar-refractivity contribution < 1.29 is 12.8 Å². The van der Waals surface area contributed by atoms with E-state index in [0.29, 0.717) is 29.5 Å². The fourth-order valence-electron chi connectivity index (χ4n) is 3.96. The van der Waals surface area contributed by atoms with Gasteiger partial charge in [0, 0.05) is 25.3 Å². The minimum atomic E-state index is -3.22. The summed E-state index contributed by atoms with van der Waals surface area (Å²) in [5.41, 5.74) is 3.98. The second kappa shape index (κ2) is 10.1. The first-order valence-electron chi connectivity index (χ1n) is 10.4. The molecule has 3 rings (SSSR count). The quantitative estimate of drug-likeness (QED) is 0.520. The number of nitrogens with zero attached hydrogens (tertiary/aromatic N) is 1. The minimum absolute atomic E-state index is 0.124. The molecule has 2 N–H and O–H groups in total. The maximum Gasteiger partial charge on any atom is 0.191 e. The van der Waals surface area contributed by atoms with Crippen LogP contribution in [0.3, 0.4) is 0 Å². The summed E-state index contributed by atoms with van der Waals surface area (Å²) in [5, 5.41) is 6.64. The SMILES string of the molecule is CCNC(=NCc1cc(F)ccc1CS(C)(=O)=O)NCC1CCCc2ccccc21. The number of rotatable bonds is 7. The fourth-order valence-corrected chi connectivity index (χ4v) is 4.80. The molecule has 0 saturated carbocycles. The van der Waals surface area contributed by atoms with Crippen molar-refractivity contribution in [1.29, 1.82) is 0 Å². The zero-order valence-electron chi connectivity index (χ0n) is 17.6. The molecule has 30 heavy (non-hydrogen) atoms. The van der Waals surface area contributed by atoms with Crippen molar-refractivity contribution in [2.45, 2.75) is 44.4 Å². The molecule has 0 bridgehead atoms. The Morgan fingerprint density at radius 3 is 2.73 bits per heavy atom. The van der Waals surface area contributed by atoms with E-state index in [1.54, 1.807) is 0 Å². The lowest BCUT2D eigenvalue weighted by Gasteiger charge is -2.26. The Bertz CT molecular complexity index is 1010. The van der Waals surface area contributed by atoms with Crippen LogP contribution in [0, 0.1) is 5.82 Å². The second-order valence-electron chi connectivity index (χ2n) is 7.85. The van der Waals surface area contributed by atoms with E-state index in [4.69, 9.17) is 0 Å². The molecule has 2 aromatic rings. The minimum Gasteiger partial charge on any atom is -0.357 e. The van der Waals surface area contributed by atoms with Crippen LogP contribution in [-0.4, -0.2) is 33.7 Å². The first kappa shape index (κ1) is 22.3. The maximum atomic E-state index is 13.8. The van der Waals surface area contributed by atoms with E-state index in [-0.39, 0.29) is 12.3 Å². The molecule has 0 aromatic heterocycles. The number of hydrogen-bond acceptors (Lipinski definition) is 3. The summed E-state index contributed by atoms with van der Waals surface area (Å²) in [6, 6.07) is 12.8. The number of nitrogens with one attached hydrogen (secondary N) is 2. The van der Waals surface area contributed by atoms with Crippen LogP contribution in [0.1, 0.15) is 47.9 Å². The molecule has 1 unspecified atom stereocenters. The highest BCUT2D eigenvalue weighted by molar-refractivity contribution is 7.89. The van der Waals surface area contributed by atoms with Crippen LogP contribution in [0.15, 0.2) is 47.5 Å². The first-order valence-corrected chi connectivity index (χ1v) is 12.5. The Labute approximate surface area is 178 Å². The predicted molar refractivity (Wildman–Crippen MR) is 120 cm³/mol. The van der Waals surface area contributed by atoms with Gasteiger partial charge in [-0.1, -0.05) is 30.3 Å². The number of halogens is 1. The number of aryl methyl sites for hydroxylation is 1. The van der Waals surface area contributed by atoms with Gasteiger partial charge in [-0.3, -0.25) is 0 Å². The summed E-state index contributed by atoms with van der Waals surface area (Å²) in [6.45, 7) is 3.66. The number of fused-ring (bicyclic) bond motifs is 1. The van der Waals surface area contributed by atoms with Crippen LogP contribution in [0.2, 0.25) is 0 Å². The lowest BCUT2D eigenvalue weighted by atomic mass is 9.83. The number of benzene rings is 2. The Morgan fingerprint density at radius 1 is 1.17 bits per heavy atom. The van der Waals surface area contributed by atoms with Crippen molar-refractivity contribution in [3.05, 3.63) is 70.5 Å². The van der Waals surface area contributed by atoms with E-state index in [1.807, 2.05) is 6.92 Å². The number of hydrogen-bond donors (Lipinski definition) is 2. The average Bonchev–Trinajstić information content (AvgIpc) is 2.71. The molecule has 5 nitrogen and oxygen atoms in total. The van der Waals surface area contributed by atoms with Crippen molar-refractivity contribution in [2.24, 2.45) is 4.99 Å². The highest BCUT2D eigenvalue weighted by Gasteiger charge is 2.20. The van der Waals surface area contributed by atoms with Gasteiger partial charge < -0.3 is 10.6 Å². The van der Waals surface area contributed by atoms with Crippen molar-refractivity contribution in [2.75, 3.05) is 19.3 Å². The molecule has 7 heteroatoms. The summed E-state index contributed by atoms with van der Waals surface area (Å²) >= 11 is 0. The third kappa shape index (κ3) is 6.29. The normalized spacial score (nSPS) is 16.8. The van der Waals surface area contributed by atoms with Gasteiger partial charge in [-0.15, -0.1) is 0 Å². The fraction of sp³-hybridized carbons (Fsp3) is 0.435. The molecule has 0 heterocycles. The van der Waals surface area contributed by atoms with Crippen LogP contribution >= 0.6 is 0 Å². The highest BCUT2D eigenvalue weighted by Crippen LogP contribution is 2.30. The third-order valence-corrected chi connectivity index (χ3v) is 6.18. The summed E-state index contributed by atoms with van der Waals surface area (Å²) in [5.74, 6) is 0.555. The first-order chi connectivity index (χ1) is 14.4. The molecule has 0 radical (unpaired) electrons. The van der Waals surface area contributed by atoms with E-state index in [1.165, 1.54) is 42.0 Å². The van der Waals surface area contributed by atoms with Gasteiger partial charge in [0.25, 0.3) is 0 Å². The largest absolute Gasteiger partial charge is 0.357 e. The summed E-state index contributed by atoms with van der Waals surface area (Å²) in [7, 11) is -3.22. The Kier molecular flexibility index (Phi) is 7.48. The number of aliphatic imine (C=N–C) groups is 1. The second-order valence-corrected chi connectivity index (χ2v) is 9.99. The van der Waals surface area contributed by atoms with E-state index < -0.39 is 15.7 Å². The molecular formula is C23H30FN3O2S. The van der Waals surface area contributed by atoms with Gasteiger partial charge in [-0.25, -0.2) is 17.8 Å². The molecular weight excluding hydrogens is 401 g/mol. The van der Waals surface area contributed by atoms with E-state index in [0.717, 1.165) is 19.4 Å². The molecule has 0 saturated heterocycles. The molecule has 1 aliphatic carbocycles. The highest BCUT2D eigenvalue weighted by atomic mass is 32.2. The van der Waals surface area contributed by atoms with Gasteiger partial charge in [0.15, 0.2) is 15.8 Å². The predicted octanol–water partition coefficient (Wildman–Crippen LogP) is 3.55. The Hall–Kier alpha value is -2.41. The average molecular weight is 432 g/mol. The summed E-state index contributed by atoms with van der Waals surface area (Å²) in [4.78, 5) is 4.59. The standard InChI is InChI=1S/C23H30FN3O2S/c1-3-25-23(26-14-18-9-6-8-17-7-4-5-10-22(17)18)27-15-20-13-21(24)12-11-19(20)16-30(2,28)29/h4-5,7,10-13,18H,3,6,8-9,14-16H2,1-2H3,(H2,25,26,27). The van der Waals surface area contributed by atoms with Crippen LogP contribution in [0.4, 0.5) is 4.39 Å². The van der Waals surface area contributed by atoms with Crippen LogP contribution in [0.5, 0.6) is 0 Å². The van der Waals surface area contributed by atoms with Crippen molar-refractivity contribution in [1.82, 2.24) is 10.6 Å². The third-order valence-electron chi connectivity index (χ3n) is 5.35. The smallest absolute Gasteiger partial charge is 0.191 e. The van der Waals surface area contributed by atoms with E-state index in [2.05, 4.69) is 39.9 Å². The summed E-state index contributed by atoms with van der Waals surface area (Å²) in [6.07, 6.45) is 4.61. The van der Waals surface area contributed by atoms with E-state index in [9.17, 15) is 12.8 Å². The molecule has 1 atom stereocenters. The molecule has 2 aromatic carbocycles. The molecule has 0 fully saturated rings. The van der Waals surface area contributed by atoms with Crippen LogP contribution in [0.25, 0.3) is 0 Å². The lowest BCUT2D eigenvalue weighted by molar-refractivity contribution is 0.539. The van der Waals surface area contributed by atoms with E-state index >= 15 is 0 Å². The molecule has 0 amide bonds. The molecule has 0 aliphatic heterocycles. The van der Waals surface area contributed by atoms with Crippen LogP contribution in [-0.2, 0) is 28.6 Å². The zero-order chi connectivity index (χ0) is 21.6. The molecule has 0 spiro atoms. The zero-order valence-corrected chi connectivity index (χ0v) is 18.4. The van der Waals surface area contributed by atoms with Crippen LogP contribution < -0.4 is 10.6 Å². The van der Waals surface area contributed by atoms with Gasteiger partial charge in [0.2, 0.25) is 0 Å². The maximum absolute atomic E-state index is 13.8. The number of guanidine groups is 1.